The smallest absolute Gasteiger partial charge is 0.235 e. The molecule has 0 aliphatic carbocycles. The summed E-state index contributed by atoms with van der Waals surface area (Å²) >= 11 is 0. The second kappa shape index (κ2) is 7.24. The van der Waals surface area contributed by atoms with Crippen molar-refractivity contribution in [1.29, 1.82) is 10.5 Å². The van der Waals surface area contributed by atoms with Crippen LogP contribution in [-0.2, 0) is 9.59 Å². The summed E-state index contributed by atoms with van der Waals surface area (Å²) in [6.07, 6.45) is 4.98. The van der Waals surface area contributed by atoms with Gasteiger partial charge in [-0.3, -0.25) is 19.4 Å². The van der Waals surface area contributed by atoms with Gasteiger partial charge in [-0.2, -0.15) is 10.5 Å². The normalized spacial score (nSPS) is 8.75. The van der Waals surface area contributed by atoms with Gasteiger partial charge < -0.3 is 0 Å². The van der Waals surface area contributed by atoms with Crippen molar-refractivity contribution in [3.63, 3.8) is 0 Å². The number of carbonyl (C=O) groups excluding carboxylic acids is 2. The number of rotatable bonds is 5. The van der Waals surface area contributed by atoms with E-state index in [0.717, 1.165) is 9.80 Å². The topological polar surface area (TPSA) is 88.2 Å². The maximum atomic E-state index is 11.2. The van der Waals surface area contributed by atoms with Crippen LogP contribution in [0.1, 0.15) is 25.7 Å². The van der Waals surface area contributed by atoms with Crippen LogP contribution in [0.5, 0.6) is 0 Å². The predicted molar refractivity (Wildman–Crippen MR) is 55.2 cm³/mol. The quantitative estimate of drug-likeness (QED) is 0.383. The minimum atomic E-state index is -0.261. The van der Waals surface area contributed by atoms with Crippen LogP contribution < -0.4 is 0 Å². The van der Waals surface area contributed by atoms with Crippen molar-refractivity contribution in [3.8, 4) is 12.4 Å². The van der Waals surface area contributed by atoms with Crippen molar-refractivity contribution in [2.24, 2.45) is 0 Å². The average Bonchev–Trinajstić information content (AvgIpc) is 2.31. The van der Waals surface area contributed by atoms with Gasteiger partial charge in [0.05, 0.1) is 0 Å². The largest absolute Gasteiger partial charge is 0.274 e. The van der Waals surface area contributed by atoms with Crippen LogP contribution in [0.25, 0.3) is 0 Å². The summed E-state index contributed by atoms with van der Waals surface area (Å²) in [5.41, 5.74) is 0. The fourth-order valence-corrected chi connectivity index (χ4v) is 0.999. The maximum absolute atomic E-state index is 11.2. The molecule has 0 aliphatic rings. The molecule has 0 spiro atoms. The van der Waals surface area contributed by atoms with Crippen LogP contribution in [0.3, 0.4) is 0 Å². The molecule has 0 aromatic carbocycles. The lowest BCUT2D eigenvalue weighted by Crippen LogP contribution is -2.22. The van der Waals surface area contributed by atoms with E-state index >= 15 is 0 Å². The van der Waals surface area contributed by atoms with Gasteiger partial charge in [0.15, 0.2) is 12.4 Å². The van der Waals surface area contributed by atoms with Gasteiger partial charge in [-0.05, 0) is 12.8 Å². The summed E-state index contributed by atoms with van der Waals surface area (Å²) in [4.78, 5) is 24.3. The lowest BCUT2D eigenvalue weighted by Gasteiger charge is -2.07. The minimum absolute atomic E-state index is 0.244. The Balaban J connectivity index is 3.71. The van der Waals surface area contributed by atoms with Gasteiger partial charge in [0.1, 0.15) is 0 Å². The molecule has 0 rings (SSSR count). The monoisotopic (exact) mass is 222 g/mol. The van der Waals surface area contributed by atoms with Gasteiger partial charge in [-0.25, -0.2) is 0 Å². The second-order valence-electron chi connectivity index (χ2n) is 3.31. The Hall–Kier alpha value is -2.08. The molecular weight excluding hydrogens is 208 g/mol. The van der Waals surface area contributed by atoms with Crippen LogP contribution >= 0.6 is 0 Å². The van der Waals surface area contributed by atoms with E-state index in [1.807, 2.05) is 0 Å². The van der Waals surface area contributed by atoms with Crippen LogP contribution in [0, 0.1) is 22.9 Å². The zero-order valence-corrected chi connectivity index (χ0v) is 9.43. The van der Waals surface area contributed by atoms with Crippen molar-refractivity contribution in [2.45, 2.75) is 25.7 Å². The first-order valence-corrected chi connectivity index (χ1v) is 4.85. The van der Waals surface area contributed by atoms with E-state index in [1.165, 1.54) is 14.1 Å². The van der Waals surface area contributed by atoms with E-state index < -0.39 is 0 Å². The summed E-state index contributed by atoms with van der Waals surface area (Å²) in [5.74, 6) is -0.521. The summed E-state index contributed by atoms with van der Waals surface area (Å²) in [6, 6.07) is 0. The average molecular weight is 222 g/mol. The molecule has 0 saturated carbocycles. The first-order chi connectivity index (χ1) is 7.52. The molecule has 0 aliphatic heterocycles. The number of nitriles is 2. The predicted octanol–water partition coefficient (Wildman–Crippen LogP) is 0.426. The highest BCUT2D eigenvalue weighted by Crippen LogP contribution is 2.03. The standard InChI is InChI=1S/C10H14N4O2/c1-13(7-11)9(15)5-3-4-6-10(16)14(2)8-12/h3-6H2,1-2H3. The van der Waals surface area contributed by atoms with Crippen molar-refractivity contribution < 1.29 is 9.59 Å². The van der Waals surface area contributed by atoms with Gasteiger partial charge in [0, 0.05) is 26.9 Å². The highest BCUT2D eigenvalue weighted by Gasteiger charge is 2.09. The third kappa shape index (κ3) is 4.97. The molecular formula is C10H14N4O2. The Morgan fingerprint density at radius 1 is 0.938 bits per heavy atom. The molecule has 0 radical (unpaired) electrons. The third-order valence-electron chi connectivity index (χ3n) is 2.08. The summed E-state index contributed by atoms with van der Waals surface area (Å²) in [7, 11) is 2.80. The van der Waals surface area contributed by atoms with E-state index in [1.54, 1.807) is 12.4 Å². The molecule has 2 amide bonds. The van der Waals surface area contributed by atoms with Crippen molar-refractivity contribution in [2.75, 3.05) is 14.1 Å². The fourth-order valence-electron chi connectivity index (χ4n) is 0.999. The van der Waals surface area contributed by atoms with E-state index in [4.69, 9.17) is 10.5 Å². The lowest BCUT2D eigenvalue weighted by atomic mass is 10.1. The van der Waals surface area contributed by atoms with Crippen LogP contribution in [-0.4, -0.2) is 35.7 Å². The molecule has 6 heteroatoms. The van der Waals surface area contributed by atoms with Crippen LogP contribution in [0.15, 0.2) is 0 Å². The molecule has 0 atom stereocenters. The Morgan fingerprint density at radius 2 is 1.25 bits per heavy atom. The molecule has 0 aromatic heterocycles. The number of amides is 2. The summed E-state index contributed by atoms with van der Waals surface area (Å²) in [6.45, 7) is 0. The van der Waals surface area contributed by atoms with Gasteiger partial charge in [0.2, 0.25) is 11.8 Å². The number of hydrogen-bond donors (Lipinski definition) is 0. The minimum Gasteiger partial charge on any atom is -0.274 e. The van der Waals surface area contributed by atoms with Crippen molar-refractivity contribution >= 4 is 11.8 Å². The van der Waals surface area contributed by atoms with E-state index in [2.05, 4.69) is 0 Å². The molecule has 0 N–H and O–H groups in total. The fraction of sp³-hybridized carbons (Fsp3) is 0.600. The van der Waals surface area contributed by atoms with Crippen LogP contribution in [0.2, 0.25) is 0 Å². The van der Waals surface area contributed by atoms with Gasteiger partial charge >= 0.3 is 0 Å². The Labute approximate surface area is 94.7 Å². The van der Waals surface area contributed by atoms with E-state index in [-0.39, 0.29) is 24.7 Å². The highest BCUT2D eigenvalue weighted by atomic mass is 16.2. The highest BCUT2D eigenvalue weighted by molar-refractivity contribution is 5.78. The van der Waals surface area contributed by atoms with E-state index in [9.17, 15) is 9.59 Å². The number of nitrogens with zero attached hydrogens (tertiary/aromatic N) is 4. The van der Waals surface area contributed by atoms with Crippen LogP contribution in [0.4, 0.5) is 0 Å². The molecule has 6 nitrogen and oxygen atoms in total. The summed E-state index contributed by atoms with van der Waals surface area (Å²) in [5, 5.41) is 16.8. The molecule has 0 fully saturated rings. The number of unbranched alkanes of at least 4 members (excludes halogenated alkanes) is 1. The zero-order chi connectivity index (χ0) is 12.6. The number of carbonyl (C=O) groups is 2. The molecule has 0 saturated heterocycles. The number of hydrogen-bond acceptors (Lipinski definition) is 4. The molecule has 0 heterocycles. The third-order valence-corrected chi connectivity index (χ3v) is 2.08. The first-order valence-electron chi connectivity index (χ1n) is 4.85. The molecule has 86 valence electrons. The van der Waals surface area contributed by atoms with Gasteiger partial charge in [-0.15, -0.1) is 0 Å². The van der Waals surface area contributed by atoms with Gasteiger partial charge in [-0.1, -0.05) is 0 Å². The lowest BCUT2D eigenvalue weighted by molar-refractivity contribution is -0.129. The molecule has 0 bridgehead atoms. The molecule has 0 unspecified atom stereocenters. The Kier molecular flexibility index (Phi) is 6.30. The molecule has 16 heavy (non-hydrogen) atoms. The van der Waals surface area contributed by atoms with Gasteiger partial charge in [0.25, 0.3) is 0 Å². The first kappa shape index (κ1) is 13.9. The maximum Gasteiger partial charge on any atom is 0.235 e. The van der Waals surface area contributed by atoms with Crippen molar-refractivity contribution in [3.05, 3.63) is 0 Å². The molecule has 0 aromatic rings. The second-order valence-corrected chi connectivity index (χ2v) is 3.31. The van der Waals surface area contributed by atoms with Crippen molar-refractivity contribution in [1.82, 2.24) is 9.80 Å². The SMILES string of the molecule is CN(C#N)C(=O)CCCCC(=O)N(C)C#N. The van der Waals surface area contributed by atoms with E-state index in [0.29, 0.717) is 12.8 Å². The Bertz CT molecular complexity index is 306. The summed E-state index contributed by atoms with van der Waals surface area (Å²) < 4.78 is 0. The Morgan fingerprint density at radius 3 is 1.50 bits per heavy atom. The zero-order valence-electron chi connectivity index (χ0n) is 9.43.